The third kappa shape index (κ3) is 10.9. The van der Waals surface area contributed by atoms with E-state index in [4.69, 9.17) is 14.3 Å². The number of unbranched alkanes of at least 4 members (excludes halogenated alkanes) is 9. The molecular formula is C25H37O3P. The quantitative estimate of drug-likeness (QED) is 0.222. The van der Waals surface area contributed by atoms with Gasteiger partial charge in [0.25, 0.3) is 0 Å². The second kappa shape index (κ2) is 15.6. The van der Waals surface area contributed by atoms with Crippen molar-refractivity contribution >= 4 is 8.60 Å². The minimum absolute atomic E-state index is 0.464. The van der Waals surface area contributed by atoms with E-state index < -0.39 is 8.60 Å². The zero-order valence-electron chi connectivity index (χ0n) is 17.6. The number of rotatable bonds is 16. The highest BCUT2D eigenvalue weighted by atomic mass is 31.2. The highest BCUT2D eigenvalue weighted by Gasteiger charge is 2.13. The van der Waals surface area contributed by atoms with Crippen molar-refractivity contribution in [1.82, 2.24) is 0 Å². The Hall–Kier alpha value is -1.25. The summed E-state index contributed by atoms with van der Waals surface area (Å²) in [5.41, 5.74) is 2.86. The van der Waals surface area contributed by atoms with Gasteiger partial charge in [0.05, 0.1) is 6.61 Å². The Labute approximate surface area is 178 Å². The van der Waals surface area contributed by atoms with Crippen molar-refractivity contribution in [2.24, 2.45) is 0 Å². The van der Waals surface area contributed by atoms with E-state index in [1.165, 1.54) is 68.9 Å². The summed E-state index contributed by atoms with van der Waals surface area (Å²) < 4.78 is 4.77. The van der Waals surface area contributed by atoms with Crippen LogP contribution in [0, 0.1) is 0 Å². The van der Waals surface area contributed by atoms with Crippen LogP contribution in [0.15, 0.2) is 60.7 Å². The maximum Gasteiger partial charge on any atom is 0.327 e. The van der Waals surface area contributed by atoms with Crippen molar-refractivity contribution in [3.05, 3.63) is 71.8 Å². The van der Waals surface area contributed by atoms with E-state index in [-0.39, 0.29) is 0 Å². The summed E-state index contributed by atoms with van der Waals surface area (Å²) in [4.78, 5) is 17.3. The van der Waals surface area contributed by atoms with Crippen LogP contribution < -0.4 is 0 Å². The lowest BCUT2D eigenvalue weighted by molar-refractivity contribution is 0.248. The molecule has 0 aliphatic carbocycles. The van der Waals surface area contributed by atoms with E-state index in [2.05, 4.69) is 60.7 Å². The summed E-state index contributed by atoms with van der Waals surface area (Å²) in [5.74, 6) is 0.509. The molecule has 29 heavy (non-hydrogen) atoms. The Balaban J connectivity index is 1.53. The van der Waals surface area contributed by atoms with Gasteiger partial charge in [-0.3, -0.25) is 0 Å². The normalized spacial score (nSPS) is 11.4. The van der Waals surface area contributed by atoms with E-state index in [9.17, 15) is 0 Å². The van der Waals surface area contributed by atoms with Crippen molar-refractivity contribution in [1.29, 1.82) is 0 Å². The van der Waals surface area contributed by atoms with E-state index in [0.29, 0.717) is 12.5 Å². The van der Waals surface area contributed by atoms with E-state index >= 15 is 0 Å². The minimum Gasteiger partial charge on any atom is -0.328 e. The molecule has 0 aliphatic heterocycles. The molecule has 0 aromatic heterocycles. The molecule has 4 heteroatoms. The summed E-state index contributed by atoms with van der Waals surface area (Å²) in [6, 6.07) is 21.8. The molecule has 0 atom stereocenters. The summed E-state index contributed by atoms with van der Waals surface area (Å²) in [7, 11) is -2.17. The average molecular weight is 417 g/mol. The Kier molecular flexibility index (Phi) is 12.9. The van der Waals surface area contributed by atoms with Crippen molar-refractivity contribution in [3.8, 4) is 0 Å². The van der Waals surface area contributed by atoms with Gasteiger partial charge in [0.15, 0.2) is 0 Å². The van der Waals surface area contributed by atoms with Crippen molar-refractivity contribution in [2.45, 2.75) is 76.5 Å². The molecule has 160 valence electrons. The standard InChI is InChI=1S/C25H37O3P/c26-29(27)28-22-16-8-6-4-2-1-3-5-7-15-21-25(23-17-11-9-12-18-23)24-19-13-10-14-20-24/h9-14,17-20,25-27H,1-8,15-16,21-22H2. The lowest BCUT2D eigenvalue weighted by Gasteiger charge is -2.18. The van der Waals surface area contributed by atoms with E-state index in [1.54, 1.807) is 0 Å². The molecule has 2 aromatic rings. The molecule has 0 saturated carbocycles. The van der Waals surface area contributed by atoms with Crippen LogP contribution in [0.2, 0.25) is 0 Å². The lowest BCUT2D eigenvalue weighted by atomic mass is 9.87. The van der Waals surface area contributed by atoms with Gasteiger partial charge in [-0.2, -0.15) is 0 Å². The molecule has 0 spiro atoms. The largest absolute Gasteiger partial charge is 0.328 e. The van der Waals surface area contributed by atoms with Crippen LogP contribution in [0.5, 0.6) is 0 Å². The Morgan fingerprint density at radius 2 is 1.00 bits per heavy atom. The molecule has 0 amide bonds. The Morgan fingerprint density at radius 1 is 0.586 bits per heavy atom. The first-order chi connectivity index (χ1) is 14.3. The average Bonchev–Trinajstić information content (AvgIpc) is 2.75. The second-order valence-corrected chi connectivity index (χ2v) is 8.55. The van der Waals surface area contributed by atoms with Gasteiger partial charge in [0.1, 0.15) is 0 Å². The van der Waals surface area contributed by atoms with Crippen molar-refractivity contribution in [2.75, 3.05) is 6.61 Å². The van der Waals surface area contributed by atoms with Gasteiger partial charge < -0.3 is 14.3 Å². The number of hydrogen-bond donors (Lipinski definition) is 2. The maximum atomic E-state index is 8.66. The maximum absolute atomic E-state index is 8.66. The van der Waals surface area contributed by atoms with Crippen LogP contribution in [0.1, 0.15) is 87.7 Å². The fourth-order valence-electron chi connectivity index (χ4n) is 3.91. The molecule has 0 aliphatic rings. The summed E-state index contributed by atoms with van der Waals surface area (Å²) in [6.45, 7) is 0.464. The molecule has 0 saturated heterocycles. The topological polar surface area (TPSA) is 49.7 Å². The third-order valence-corrected chi connectivity index (χ3v) is 5.91. The molecule has 2 rings (SSSR count). The molecule has 0 fully saturated rings. The zero-order chi connectivity index (χ0) is 20.6. The highest BCUT2D eigenvalue weighted by Crippen LogP contribution is 2.30. The van der Waals surface area contributed by atoms with Gasteiger partial charge in [-0.05, 0) is 24.0 Å². The van der Waals surface area contributed by atoms with Gasteiger partial charge in [-0.15, -0.1) is 0 Å². The van der Waals surface area contributed by atoms with Gasteiger partial charge >= 0.3 is 8.60 Å². The predicted molar refractivity (Wildman–Crippen MR) is 123 cm³/mol. The van der Waals surface area contributed by atoms with Gasteiger partial charge in [0.2, 0.25) is 0 Å². The predicted octanol–water partition coefficient (Wildman–Crippen LogP) is 7.34. The molecule has 0 bridgehead atoms. The lowest BCUT2D eigenvalue weighted by Crippen LogP contribution is -2.01. The van der Waals surface area contributed by atoms with Gasteiger partial charge in [0, 0.05) is 5.92 Å². The second-order valence-electron chi connectivity index (χ2n) is 7.78. The minimum atomic E-state index is -2.17. The number of hydrogen-bond acceptors (Lipinski definition) is 3. The van der Waals surface area contributed by atoms with Crippen LogP contribution >= 0.6 is 8.60 Å². The fraction of sp³-hybridized carbons (Fsp3) is 0.520. The van der Waals surface area contributed by atoms with Gasteiger partial charge in [-0.1, -0.05) is 118 Å². The monoisotopic (exact) mass is 416 g/mol. The molecule has 0 heterocycles. The van der Waals surface area contributed by atoms with E-state index in [1.807, 2.05) is 0 Å². The first-order valence-electron chi connectivity index (χ1n) is 11.2. The highest BCUT2D eigenvalue weighted by molar-refractivity contribution is 7.39. The molecule has 2 N–H and O–H groups in total. The Bertz CT molecular complexity index is 579. The smallest absolute Gasteiger partial charge is 0.327 e. The summed E-state index contributed by atoms with van der Waals surface area (Å²) in [6.07, 6.45) is 13.7. The van der Waals surface area contributed by atoms with Crippen molar-refractivity contribution < 1.29 is 14.3 Å². The summed E-state index contributed by atoms with van der Waals surface area (Å²) in [5, 5.41) is 0. The first kappa shape index (κ1) is 24.0. The summed E-state index contributed by atoms with van der Waals surface area (Å²) >= 11 is 0. The number of benzene rings is 2. The van der Waals surface area contributed by atoms with Crippen LogP contribution in [-0.4, -0.2) is 16.4 Å². The van der Waals surface area contributed by atoms with E-state index in [0.717, 1.165) is 12.8 Å². The molecule has 2 aromatic carbocycles. The van der Waals surface area contributed by atoms with Crippen LogP contribution in [0.3, 0.4) is 0 Å². The van der Waals surface area contributed by atoms with Crippen LogP contribution in [-0.2, 0) is 4.52 Å². The first-order valence-corrected chi connectivity index (χ1v) is 12.3. The SMILES string of the molecule is OP(O)OCCCCCCCCCCCCC(c1ccccc1)c1ccccc1. The third-order valence-electron chi connectivity index (χ3n) is 5.50. The molecule has 0 unspecified atom stereocenters. The molecule has 0 radical (unpaired) electrons. The molecule has 3 nitrogen and oxygen atoms in total. The molecular weight excluding hydrogens is 379 g/mol. The van der Waals surface area contributed by atoms with Crippen LogP contribution in [0.25, 0.3) is 0 Å². The zero-order valence-corrected chi connectivity index (χ0v) is 18.5. The van der Waals surface area contributed by atoms with Gasteiger partial charge in [-0.25, -0.2) is 0 Å². The van der Waals surface area contributed by atoms with Crippen LogP contribution in [0.4, 0.5) is 0 Å². The van der Waals surface area contributed by atoms with Crippen molar-refractivity contribution in [3.63, 3.8) is 0 Å². The Morgan fingerprint density at radius 3 is 1.45 bits per heavy atom. The fourth-order valence-corrected chi connectivity index (χ4v) is 4.20.